The number of rotatable bonds is 3. The van der Waals surface area contributed by atoms with Gasteiger partial charge in [-0.05, 0) is 31.2 Å². The maximum Gasteiger partial charge on any atom is 0.248 e. The zero-order chi connectivity index (χ0) is 10.9. The van der Waals surface area contributed by atoms with E-state index in [4.69, 9.17) is 11.6 Å². The second kappa shape index (κ2) is 4.54. The summed E-state index contributed by atoms with van der Waals surface area (Å²) in [6.45, 7) is 2.90. The summed E-state index contributed by atoms with van der Waals surface area (Å²) in [6, 6.07) is 0. The van der Waals surface area contributed by atoms with Gasteiger partial charge in [0, 0.05) is 31.8 Å². The molecule has 15 heavy (non-hydrogen) atoms. The molecule has 88 valence electrons. The second-order valence-electron chi connectivity index (χ2n) is 5.03. The van der Waals surface area contributed by atoms with Crippen LogP contribution in [0.2, 0.25) is 0 Å². The third kappa shape index (κ3) is 3.04. The molecule has 4 heteroatoms. The third-order valence-corrected chi connectivity index (χ3v) is 4.05. The molecule has 0 aromatic rings. The predicted octanol–water partition coefficient (Wildman–Crippen LogP) is 2.98. The molecule has 1 heterocycles. The molecule has 1 aliphatic carbocycles. The largest absolute Gasteiger partial charge is 0.303 e. The lowest BCUT2D eigenvalue weighted by Crippen LogP contribution is -2.27. The number of alkyl halides is 3. The number of nitrogens with zero attached hydrogens (tertiary/aromatic N) is 1. The minimum atomic E-state index is -2.39. The molecule has 2 fully saturated rings. The summed E-state index contributed by atoms with van der Waals surface area (Å²) in [5, 5.41) is 0. The molecule has 0 bridgehead atoms. The van der Waals surface area contributed by atoms with Gasteiger partial charge in [0.15, 0.2) is 0 Å². The van der Waals surface area contributed by atoms with Crippen LogP contribution in [0.1, 0.15) is 25.7 Å². The Labute approximate surface area is 94.8 Å². The lowest BCUT2D eigenvalue weighted by molar-refractivity contribution is 0.00373. The summed E-state index contributed by atoms with van der Waals surface area (Å²) in [4.78, 5) is 2.30. The van der Waals surface area contributed by atoms with Gasteiger partial charge >= 0.3 is 0 Å². The molecular weight excluding hydrogens is 220 g/mol. The van der Waals surface area contributed by atoms with Crippen molar-refractivity contribution in [3.8, 4) is 0 Å². The highest BCUT2D eigenvalue weighted by Crippen LogP contribution is 2.39. The van der Waals surface area contributed by atoms with Gasteiger partial charge in [-0.25, -0.2) is 8.78 Å². The molecule has 2 aliphatic rings. The van der Waals surface area contributed by atoms with Gasteiger partial charge in [-0.15, -0.1) is 11.6 Å². The van der Waals surface area contributed by atoms with Crippen LogP contribution in [0.3, 0.4) is 0 Å². The van der Waals surface area contributed by atoms with Gasteiger partial charge in [0.25, 0.3) is 0 Å². The van der Waals surface area contributed by atoms with Crippen LogP contribution in [0, 0.1) is 11.8 Å². The molecule has 0 N–H and O–H groups in total. The van der Waals surface area contributed by atoms with Crippen LogP contribution < -0.4 is 0 Å². The van der Waals surface area contributed by atoms with Gasteiger partial charge in [-0.1, -0.05) is 0 Å². The average Bonchev–Trinajstić information content (AvgIpc) is 2.73. The van der Waals surface area contributed by atoms with Crippen molar-refractivity contribution < 1.29 is 8.78 Å². The molecule has 1 aliphatic heterocycles. The van der Waals surface area contributed by atoms with Crippen LogP contribution in [-0.2, 0) is 0 Å². The van der Waals surface area contributed by atoms with Crippen molar-refractivity contribution in [2.75, 3.05) is 25.5 Å². The quantitative estimate of drug-likeness (QED) is 0.683. The third-order valence-electron chi connectivity index (χ3n) is 3.61. The fourth-order valence-electron chi connectivity index (χ4n) is 2.77. The molecule has 2 rings (SSSR count). The minimum absolute atomic E-state index is 0.0877. The first-order valence-corrected chi connectivity index (χ1v) is 6.29. The Morgan fingerprint density at radius 2 is 2.07 bits per heavy atom. The standard InChI is InChI=1S/C11H18ClF2N/c12-6-10-2-4-15(8-10)7-9-1-3-11(13,14)5-9/h9-10H,1-8H2. The van der Waals surface area contributed by atoms with Crippen LogP contribution in [0.5, 0.6) is 0 Å². The van der Waals surface area contributed by atoms with E-state index in [1.165, 1.54) is 0 Å². The Hall–Kier alpha value is 0.110. The van der Waals surface area contributed by atoms with E-state index < -0.39 is 5.92 Å². The number of hydrogen-bond donors (Lipinski definition) is 0. The van der Waals surface area contributed by atoms with Gasteiger partial charge in [0.2, 0.25) is 5.92 Å². The monoisotopic (exact) mass is 237 g/mol. The Balaban J connectivity index is 1.74. The molecule has 0 aromatic carbocycles. The van der Waals surface area contributed by atoms with E-state index in [-0.39, 0.29) is 18.8 Å². The van der Waals surface area contributed by atoms with E-state index >= 15 is 0 Å². The molecule has 0 amide bonds. The minimum Gasteiger partial charge on any atom is -0.303 e. The Kier molecular flexibility index (Phi) is 3.51. The van der Waals surface area contributed by atoms with Crippen molar-refractivity contribution in [2.24, 2.45) is 11.8 Å². The van der Waals surface area contributed by atoms with E-state index in [9.17, 15) is 8.78 Å². The van der Waals surface area contributed by atoms with Crippen LogP contribution in [0.25, 0.3) is 0 Å². The molecule has 1 saturated heterocycles. The molecule has 0 radical (unpaired) electrons. The topological polar surface area (TPSA) is 3.24 Å². The normalized spacial score (nSPS) is 36.2. The van der Waals surface area contributed by atoms with Gasteiger partial charge in [0.1, 0.15) is 0 Å². The summed E-state index contributed by atoms with van der Waals surface area (Å²) < 4.78 is 25.9. The molecule has 0 aromatic heterocycles. The Bertz CT molecular complexity index is 223. The summed E-state index contributed by atoms with van der Waals surface area (Å²) in [5.74, 6) is -0.907. The molecule has 0 spiro atoms. The highest BCUT2D eigenvalue weighted by molar-refractivity contribution is 6.18. The summed E-state index contributed by atoms with van der Waals surface area (Å²) in [5.41, 5.74) is 0. The Morgan fingerprint density at radius 3 is 2.60 bits per heavy atom. The summed E-state index contributed by atoms with van der Waals surface area (Å²) in [6.07, 6.45) is 2.00. The number of halogens is 3. The van der Waals surface area contributed by atoms with E-state index in [0.717, 1.165) is 26.1 Å². The number of hydrogen-bond acceptors (Lipinski definition) is 1. The van der Waals surface area contributed by atoms with Crippen LogP contribution in [0.15, 0.2) is 0 Å². The van der Waals surface area contributed by atoms with E-state index in [0.29, 0.717) is 18.2 Å². The van der Waals surface area contributed by atoms with Crippen LogP contribution in [0.4, 0.5) is 8.78 Å². The Morgan fingerprint density at radius 1 is 1.27 bits per heavy atom. The molecule has 2 atom stereocenters. The van der Waals surface area contributed by atoms with Gasteiger partial charge in [0.05, 0.1) is 0 Å². The maximum absolute atomic E-state index is 13.0. The van der Waals surface area contributed by atoms with Crippen LogP contribution >= 0.6 is 11.6 Å². The zero-order valence-corrected chi connectivity index (χ0v) is 9.65. The zero-order valence-electron chi connectivity index (χ0n) is 8.89. The smallest absolute Gasteiger partial charge is 0.248 e. The van der Waals surface area contributed by atoms with Gasteiger partial charge < -0.3 is 4.90 Å². The van der Waals surface area contributed by atoms with Gasteiger partial charge in [-0.2, -0.15) is 0 Å². The van der Waals surface area contributed by atoms with Crippen molar-refractivity contribution in [2.45, 2.75) is 31.6 Å². The average molecular weight is 238 g/mol. The second-order valence-corrected chi connectivity index (χ2v) is 5.34. The maximum atomic E-state index is 13.0. The van der Waals surface area contributed by atoms with Crippen LogP contribution in [-0.4, -0.2) is 36.3 Å². The fourth-order valence-corrected chi connectivity index (χ4v) is 3.02. The first kappa shape index (κ1) is 11.6. The van der Waals surface area contributed by atoms with Crippen molar-refractivity contribution >= 4 is 11.6 Å². The van der Waals surface area contributed by atoms with E-state index in [1.54, 1.807) is 0 Å². The summed E-state index contributed by atoms with van der Waals surface area (Å²) >= 11 is 5.79. The van der Waals surface area contributed by atoms with Crippen molar-refractivity contribution in [3.05, 3.63) is 0 Å². The number of likely N-dealkylation sites (tertiary alicyclic amines) is 1. The van der Waals surface area contributed by atoms with E-state index in [1.807, 2.05) is 0 Å². The van der Waals surface area contributed by atoms with Crippen molar-refractivity contribution in [1.82, 2.24) is 4.90 Å². The lowest BCUT2D eigenvalue weighted by atomic mass is 10.1. The van der Waals surface area contributed by atoms with E-state index in [2.05, 4.69) is 4.90 Å². The first-order valence-electron chi connectivity index (χ1n) is 5.75. The van der Waals surface area contributed by atoms with Crippen molar-refractivity contribution in [1.29, 1.82) is 0 Å². The lowest BCUT2D eigenvalue weighted by Gasteiger charge is -2.20. The highest BCUT2D eigenvalue weighted by atomic mass is 35.5. The van der Waals surface area contributed by atoms with Gasteiger partial charge in [-0.3, -0.25) is 0 Å². The fraction of sp³-hybridized carbons (Fsp3) is 1.00. The van der Waals surface area contributed by atoms with Crippen molar-refractivity contribution in [3.63, 3.8) is 0 Å². The first-order chi connectivity index (χ1) is 7.09. The highest BCUT2D eigenvalue weighted by Gasteiger charge is 2.40. The molecule has 1 saturated carbocycles. The SMILES string of the molecule is FC1(F)CCC(CN2CCC(CCl)C2)C1. The summed E-state index contributed by atoms with van der Waals surface area (Å²) in [7, 11) is 0. The molecule has 2 unspecified atom stereocenters. The predicted molar refractivity (Wildman–Crippen MR) is 57.6 cm³/mol. The molecule has 1 nitrogen and oxygen atoms in total. The molecular formula is C11H18ClF2N.